The molecule has 1 N–H and O–H groups in total. The van der Waals surface area contributed by atoms with Crippen LogP contribution in [0.2, 0.25) is 5.02 Å². The lowest BCUT2D eigenvalue weighted by Gasteiger charge is -2.41. The van der Waals surface area contributed by atoms with Crippen LogP contribution >= 0.6 is 11.6 Å². The van der Waals surface area contributed by atoms with Crippen molar-refractivity contribution in [2.45, 2.75) is 58.6 Å². The van der Waals surface area contributed by atoms with E-state index in [-0.39, 0.29) is 11.3 Å². The van der Waals surface area contributed by atoms with Crippen molar-refractivity contribution in [2.75, 3.05) is 0 Å². The van der Waals surface area contributed by atoms with Gasteiger partial charge in [-0.3, -0.25) is 0 Å². The molecule has 0 aliphatic heterocycles. The standard InChI is InChI=1S/C19H26ClN3O/c1-4-17-21-13-22-23(17)12-19(24)15(9-10-18(19,2)3)11-14-5-7-16(20)8-6-14/h5-8,13,15,24H,4,9-12H2,1-3H3. The molecular formula is C19H26ClN3O. The van der Waals surface area contributed by atoms with E-state index < -0.39 is 5.60 Å². The Hall–Kier alpha value is -1.39. The van der Waals surface area contributed by atoms with Gasteiger partial charge in [0.2, 0.25) is 0 Å². The average Bonchev–Trinajstić information content (AvgIpc) is 3.07. The molecule has 0 spiro atoms. The van der Waals surface area contributed by atoms with Crippen LogP contribution in [-0.4, -0.2) is 25.5 Å². The number of halogens is 1. The van der Waals surface area contributed by atoms with Gasteiger partial charge < -0.3 is 5.11 Å². The highest BCUT2D eigenvalue weighted by atomic mass is 35.5. The molecule has 1 aliphatic carbocycles. The predicted molar refractivity (Wildman–Crippen MR) is 96.0 cm³/mol. The number of aryl methyl sites for hydroxylation is 1. The number of aliphatic hydroxyl groups is 1. The smallest absolute Gasteiger partial charge is 0.138 e. The Labute approximate surface area is 148 Å². The second-order valence-corrected chi connectivity index (χ2v) is 8.00. The van der Waals surface area contributed by atoms with Gasteiger partial charge in [-0.1, -0.05) is 44.5 Å². The minimum atomic E-state index is -0.801. The number of benzene rings is 1. The number of hydrogen-bond donors (Lipinski definition) is 1. The van der Waals surface area contributed by atoms with Crippen molar-refractivity contribution in [1.82, 2.24) is 14.8 Å². The van der Waals surface area contributed by atoms with Gasteiger partial charge in [-0.2, -0.15) is 5.10 Å². The monoisotopic (exact) mass is 347 g/mol. The van der Waals surface area contributed by atoms with E-state index in [0.29, 0.717) is 6.54 Å². The van der Waals surface area contributed by atoms with Crippen LogP contribution in [0.1, 0.15) is 45.0 Å². The molecule has 1 fully saturated rings. The van der Waals surface area contributed by atoms with Crippen molar-refractivity contribution in [2.24, 2.45) is 11.3 Å². The van der Waals surface area contributed by atoms with Crippen LogP contribution in [0.4, 0.5) is 0 Å². The van der Waals surface area contributed by atoms with Crippen LogP contribution < -0.4 is 0 Å². The third-order valence-corrected chi connectivity index (χ3v) is 6.02. The summed E-state index contributed by atoms with van der Waals surface area (Å²) in [6, 6.07) is 7.95. The van der Waals surface area contributed by atoms with Gasteiger partial charge in [-0.05, 0) is 48.3 Å². The summed E-state index contributed by atoms with van der Waals surface area (Å²) in [6.07, 6.45) is 5.28. The fourth-order valence-corrected chi connectivity index (χ4v) is 4.11. The van der Waals surface area contributed by atoms with Gasteiger partial charge in [0.05, 0.1) is 12.1 Å². The number of hydrogen-bond acceptors (Lipinski definition) is 3. The van der Waals surface area contributed by atoms with Gasteiger partial charge in [-0.25, -0.2) is 9.67 Å². The molecule has 0 saturated heterocycles. The maximum atomic E-state index is 11.7. The fourth-order valence-electron chi connectivity index (χ4n) is 3.98. The Morgan fingerprint density at radius 1 is 1.29 bits per heavy atom. The second kappa shape index (κ2) is 6.49. The molecule has 0 bridgehead atoms. The summed E-state index contributed by atoms with van der Waals surface area (Å²) in [6.45, 7) is 6.89. The third kappa shape index (κ3) is 3.09. The Kier molecular flexibility index (Phi) is 4.71. The zero-order chi connectivity index (χ0) is 17.4. The van der Waals surface area contributed by atoms with E-state index in [9.17, 15) is 5.11 Å². The fraction of sp³-hybridized carbons (Fsp3) is 0.579. The average molecular weight is 348 g/mol. The molecule has 0 amide bonds. The molecule has 1 aromatic carbocycles. The first-order chi connectivity index (χ1) is 11.4. The van der Waals surface area contributed by atoms with E-state index in [2.05, 4.69) is 43.0 Å². The normalized spacial score (nSPS) is 26.0. The second-order valence-electron chi connectivity index (χ2n) is 7.56. The Balaban J connectivity index is 1.86. The van der Waals surface area contributed by atoms with Gasteiger partial charge in [0.25, 0.3) is 0 Å². The molecule has 1 saturated carbocycles. The molecule has 1 aromatic heterocycles. The molecule has 2 atom stereocenters. The minimum Gasteiger partial charge on any atom is -0.387 e. The zero-order valence-electron chi connectivity index (χ0n) is 14.7. The van der Waals surface area contributed by atoms with Gasteiger partial charge in [0.15, 0.2) is 0 Å². The molecule has 1 heterocycles. The Morgan fingerprint density at radius 3 is 2.67 bits per heavy atom. The maximum Gasteiger partial charge on any atom is 0.138 e. The summed E-state index contributed by atoms with van der Waals surface area (Å²) in [4.78, 5) is 4.30. The van der Waals surface area contributed by atoms with Crippen LogP contribution in [0, 0.1) is 11.3 Å². The number of aromatic nitrogens is 3. The van der Waals surface area contributed by atoms with Crippen LogP contribution in [0.25, 0.3) is 0 Å². The minimum absolute atomic E-state index is 0.152. The van der Waals surface area contributed by atoms with Crippen molar-refractivity contribution in [3.63, 3.8) is 0 Å². The highest BCUT2D eigenvalue weighted by molar-refractivity contribution is 6.30. The summed E-state index contributed by atoms with van der Waals surface area (Å²) in [7, 11) is 0. The van der Waals surface area contributed by atoms with Gasteiger partial charge in [0, 0.05) is 11.4 Å². The summed E-state index contributed by atoms with van der Waals surface area (Å²) >= 11 is 5.99. The summed E-state index contributed by atoms with van der Waals surface area (Å²) in [5, 5.41) is 16.8. The van der Waals surface area contributed by atoms with E-state index >= 15 is 0 Å². The first kappa shape index (κ1) is 17.4. The molecule has 24 heavy (non-hydrogen) atoms. The van der Waals surface area contributed by atoms with E-state index in [1.807, 2.05) is 16.8 Å². The summed E-state index contributed by atoms with van der Waals surface area (Å²) in [5.74, 6) is 1.12. The Morgan fingerprint density at radius 2 is 2.00 bits per heavy atom. The van der Waals surface area contributed by atoms with E-state index in [1.165, 1.54) is 5.56 Å². The molecule has 5 heteroatoms. The third-order valence-electron chi connectivity index (χ3n) is 5.76. The SMILES string of the molecule is CCc1ncnn1CC1(O)C(Cc2ccc(Cl)cc2)CCC1(C)C. The first-order valence-corrected chi connectivity index (χ1v) is 9.07. The quantitative estimate of drug-likeness (QED) is 0.892. The number of rotatable bonds is 5. The topological polar surface area (TPSA) is 50.9 Å². The molecule has 1 aliphatic rings. The van der Waals surface area contributed by atoms with E-state index in [0.717, 1.165) is 36.5 Å². The van der Waals surface area contributed by atoms with Gasteiger partial charge >= 0.3 is 0 Å². The van der Waals surface area contributed by atoms with Crippen LogP contribution in [-0.2, 0) is 19.4 Å². The molecule has 0 radical (unpaired) electrons. The summed E-state index contributed by atoms with van der Waals surface area (Å²) in [5.41, 5.74) is 0.264. The van der Waals surface area contributed by atoms with E-state index in [1.54, 1.807) is 6.33 Å². The maximum absolute atomic E-state index is 11.7. The first-order valence-electron chi connectivity index (χ1n) is 8.69. The number of nitrogens with zero attached hydrogens (tertiary/aromatic N) is 3. The van der Waals surface area contributed by atoms with Gasteiger partial charge in [0.1, 0.15) is 12.2 Å². The highest BCUT2D eigenvalue weighted by Crippen LogP contribution is 2.51. The van der Waals surface area contributed by atoms with Gasteiger partial charge in [-0.15, -0.1) is 0 Å². The summed E-state index contributed by atoms with van der Waals surface area (Å²) < 4.78 is 1.88. The van der Waals surface area contributed by atoms with E-state index in [4.69, 9.17) is 11.6 Å². The molecular weight excluding hydrogens is 322 g/mol. The lowest BCUT2D eigenvalue weighted by Crippen LogP contribution is -2.49. The van der Waals surface area contributed by atoms with Crippen molar-refractivity contribution >= 4 is 11.6 Å². The van der Waals surface area contributed by atoms with Crippen LogP contribution in [0.15, 0.2) is 30.6 Å². The van der Waals surface area contributed by atoms with Crippen molar-refractivity contribution < 1.29 is 5.11 Å². The van der Waals surface area contributed by atoms with Crippen LogP contribution in [0.5, 0.6) is 0 Å². The van der Waals surface area contributed by atoms with Crippen molar-refractivity contribution in [3.05, 3.63) is 47.0 Å². The molecule has 3 rings (SSSR count). The highest BCUT2D eigenvalue weighted by Gasteiger charge is 2.54. The molecule has 2 unspecified atom stereocenters. The molecule has 4 nitrogen and oxygen atoms in total. The largest absolute Gasteiger partial charge is 0.387 e. The lowest BCUT2D eigenvalue weighted by molar-refractivity contribution is -0.0911. The molecule has 130 valence electrons. The van der Waals surface area contributed by atoms with Crippen molar-refractivity contribution in [1.29, 1.82) is 0 Å². The lowest BCUT2D eigenvalue weighted by atomic mass is 9.72. The van der Waals surface area contributed by atoms with Crippen LogP contribution in [0.3, 0.4) is 0 Å². The zero-order valence-corrected chi connectivity index (χ0v) is 15.4. The molecule has 2 aromatic rings. The Bertz CT molecular complexity index is 695. The van der Waals surface area contributed by atoms with Crippen molar-refractivity contribution in [3.8, 4) is 0 Å². The predicted octanol–water partition coefficient (Wildman–Crippen LogP) is 3.90.